The number of aliphatic imine (C=N–C) groups is 1. The van der Waals surface area contributed by atoms with Crippen LogP contribution in [0.4, 0.5) is 0 Å². The first kappa shape index (κ1) is 11.2. The molecular formula is C12H10N2O3. The number of carboxylic acid groups (broad SMARTS) is 1. The maximum Gasteiger partial charge on any atom is 0.355 e. The lowest BCUT2D eigenvalue weighted by Gasteiger charge is -2.06. The normalized spacial score (nSPS) is 14.2. The Morgan fingerprint density at radius 1 is 1.35 bits per heavy atom. The monoisotopic (exact) mass is 230 g/mol. The highest BCUT2D eigenvalue weighted by atomic mass is 16.4. The van der Waals surface area contributed by atoms with Crippen molar-refractivity contribution in [3.8, 4) is 0 Å². The van der Waals surface area contributed by atoms with Crippen molar-refractivity contribution >= 4 is 17.5 Å². The van der Waals surface area contributed by atoms with Gasteiger partial charge >= 0.3 is 5.97 Å². The number of aromatic nitrogens is 1. The van der Waals surface area contributed by atoms with E-state index in [4.69, 9.17) is 5.11 Å². The largest absolute Gasteiger partial charge is 0.476 e. The van der Waals surface area contributed by atoms with Gasteiger partial charge in [0, 0.05) is 12.7 Å². The molecule has 1 aliphatic heterocycles. The maximum atomic E-state index is 12.0. The molecular weight excluding hydrogens is 220 g/mol. The van der Waals surface area contributed by atoms with Crippen molar-refractivity contribution < 1.29 is 14.7 Å². The standard InChI is InChI=1S/C12H10N2O3/c15-11(9-5-1-2-6-13-9)8-4-3-7-14-10(8)12(16)17/h1,3-5,7H,2,6H2,(H,16,17). The van der Waals surface area contributed by atoms with Crippen LogP contribution in [-0.2, 0) is 0 Å². The van der Waals surface area contributed by atoms with Gasteiger partial charge in [-0.25, -0.2) is 9.78 Å². The Morgan fingerprint density at radius 3 is 2.82 bits per heavy atom. The summed E-state index contributed by atoms with van der Waals surface area (Å²) in [6.07, 6.45) is 5.61. The van der Waals surface area contributed by atoms with Gasteiger partial charge in [-0.3, -0.25) is 9.79 Å². The lowest BCUT2D eigenvalue weighted by molar-refractivity contribution is 0.0686. The van der Waals surface area contributed by atoms with Gasteiger partial charge in [0.25, 0.3) is 0 Å². The van der Waals surface area contributed by atoms with Gasteiger partial charge in [-0.2, -0.15) is 0 Å². The number of Topliss-reactive ketones (excluding diaryl/α,β-unsaturated/α-hetero) is 1. The molecule has 0 saturated carbocycles. The van der Waals surface area contributed by atoms with Crippen molar-refractivity contribution in [1.82, 2.24) is 4.98 Å². The zero-order valence-electron chi connectivity index (χ0n) is 8.96. The average molecular weight is 230 g/mol. The van der Waals surface area contributed by atoms with Gasteiger partial charge in [0.1, 0.15) is 5.71 Å². The molecule has 0 fully saturated rings. The molecule has 2 heterocycles. The third-order valence-electron chi connectivity index (χ3n) is 2.34. The number of ketones is 1. The molecule has 0 spiro atoms. The van der Waals surface area contributed by atoms with Crippen LogP contribution in [0, 0.1) is 0 Å². The SMILES string of the molecule is O=C(C1=NCCC=C1)c1cccnc1C(=O)O. The lowest BCUT2D eigenvalue weighted by Crippen LogP contribution is -2.19. The molecule has 5 heteroatoms. The Kier molecular flexibility index (Phi) is 3.09. The van der Waals surface area contributed by atoms with Gasteiger partial charge in [0.15, 0.2) is 5.69 Å². The molecule has 0 saturated heterocycles. The molecule has 1 aromatic rings. The van der Waals surface area contributed by atoms with E-state index in [9.17, 15) is 9.59 Å². The quantitative estimate of drug-likeness (QED) is 0.795. The molecule has 86 valence electrons. The van der Waals surface area contributed by atoms with Crippen molar-refractivity contribution in [3.63, 3.8) is 0 Å². The van der Waals surface area contributed by atoms with Crippen LogP contribution in [-0.4, -0.2) is 34.1 Å². The van der Waals surface area contributed by atoms with Crippen LogP contribution < -0.4 is 0 Å². The predicted molar refractivity (Wildman–Crippen MR) is 61.6 cm³/mol. The minimum Gasteiger partial charge on any atom is -0.476 e. The summed E-state index contributed by atoms with van der Waals surface area (Å²) < 4.78 is 0. The van der Waals surface area contributed by atoms with Crippen molar-refractivity contribution in [2.75, 3.05) is 6.54 Å². The number of hydrogen-bond donors (Lipinski definition) is 1. The van der Waals surface area contributed by atoms with Gasteiger partial charge in [-0.05, 0) is 24.6 Å². The summed E-state index contributed by atoms with van der Waals surface area (Å²) in [5, 5.41) is 8.94. The zero-order chi connectivity index (χ0) is 12.3. The van der Waals surface area contributed by atoms with Crippen LogP contribution in [0.15, 0.2) is 35.5 Å². The fourth-order valence-corrected chi connectivity index (χ4v) is 1.55. The topological polar surface area (TPSA) is 79.6 Å². The van der Waals surface area contributed by atoms with E-state index in [-0.39, 0.29) is 17.0 Å². The van der Waals surface area contributed by atoms with E-state index in [2.05, 4.69) is 9.98 Å². The second kappa shape index (κ2) is 4.69. The van der Waals surface area contributed by atoms with Crippen LogP contribution in [0.3, 0.4) is 0 Å². The van der Waals surface area contributed by atoms with Crippen LogP contribution in [0.5, 0.6) is 0 Å². The summed E-state index contributed by atoms with van der Waals surface area (Å²) in [4.78, 5) is 30.7. The van der Waals surface area contributed by atoms with Gasteiger partial charge in [0.05, 0.1) is 5.56 Å². The van der Waals surface area contributed by atoms with E-state index in [1.54, 1.807) is 6.08 Å². The number of pyridine rings is 1. The number of rotatable bonds is 3. The van der Waals surface area contributed by atoms with Gasteiger partial charge in [-0.15, -0.1) is 0 Å². The smallest absolute Gasteiger partial charge is 0.355 e. The van der Waals surface area contributed by atoms with Crippen molar-refractivity contribution in [3.05, 3.63) is 41.7 Å². The summed E-state index contributed by atoms with van der Waals surface area (Å²) in [6.45, 7) is 0.556. The van der Waals surface area contributed by atoms with Crippen LogP contribution in [0.25, 0.3) is 0 Å². The number of aromatic carboxylic acids is 1. The Morgan fingerprint density at radius 2 is 2.18 bits per heavy atom. The number of carbonyl (C=O) groups excluding carboxylic acids is 1. The summed E-state index contributed by atoms with van der Waals surface area (Å²) in [5.41, 5.74) is 0.122. The van der Waals surface area contributed by atoms with Gasteiger partial charge in [0.2, 0.25) is 5.78 Å². The van der Waals surface area contributed by atoms with Crippen LogP contribution >= 0.6 is 0 Å². The molecule has 0 radical (unpaired) electrons. The number of carbonyl (C=O) groups is 2. The Labute approximate surface area is 97.5 Å². The minimum absolute atomic E-state index is 0.0744. The summed E-state index contributed by atoms with van der Waals surface area (Å²) >= 11 is 0. The molecule has 0 aliphatic carbocycles. The number of allylic oxidation sites excluding steroid dienone is 1. The summed E-state index contributed by atoms with van der Waals surface area (Å²) in [7, 11) is 0. The fraction of sp³-hybridized carbons (Fsp3) is 0.167. The molecule has 0 atom stereocenters. The van der Waals surface area contributed by atoms with Crippen molar-refractivity contribution in [1.29, 1.82) is 0 Å². The summed E-state index contributed by atoms with van der Waals surface area (Å²) in [6, 6.07) is 2.98. The van der Waals surface area contributed by atoms with E-state index in [0.717, 1.165) is 6.42 Å². The molecule has 1 aromatic heterocycles. The molecule has 17 heavy (non-hydrogen) atoms. The van der Waals surface area contributed by atoms with Crippen molar-refractivity contribution in [2.45, 2.75) is 6.42 Å². The molecule has 1 N–H and O–H groups in total. The van der Waals surface area contributed by atoms with Gasteiger partial charge < -0.3 is 5.11 Å². The van der Waals surface area contributed by atoms with Gasteiger partial charge in [-0.1, -0.05) is 6.08 Å². The Hall–Kier alpha value is -2.30. The molecule has 0 amide bonds. The first-order chi connectivity index (χ1) is 8.20. The molecule has 5 nitrogen and oxygen atoms in total. The number of dihydropyridines is 1. The molecule has 1 aliphatic rings. The highest BCUT2D eigenvalue weighted by Crippen LogP contribution is 2.10. The third kappa shape index (κ3) is 2.28. The average Bonchev–Trinajstić information content (AvgIpc) is 2.39. The molecule has 0 unspecified atom stereocenters. The first-order valence-corrected chi connectivity index (χ1v) is 5.14. The highest BCUT2D eigenvalue weighted by molar-refractivity contribution is 6.50. The van der Waals surface area contributed by atoms with E-state index in [1.807, 2.05) is 6.08 Å². The molecule has 2 rings (SSSR count). The third-order valence-corrected chi connectivity index (χ3v) is 2.34. The fourth-order valence-electron chi connectivity index (χ4n) is 1.55. The predicted octanol–water partition coefficient (Wildman–Crippen LogP) is 1.36. The number of hydrogen-bond acceptors (Lipinski definition) is 4. The van der Waals surface area contributed by atoms with E-state index < -0.39 is 11.8 Å². The molecule has 0 bridgehead atoms. The van der Waals surface area contributed by atoms with Crippen molar-refractivity contribution in [2.24, 2.45) is 4.99 Å². The minimum atomic E-state index is -1.21. The zero-order valence-corrected chi connectivity index (χ0v) is 8.96. The Balaban J connectivity index is 2.40. The van der Waals surface area contributed by atoms with E-state index >= 15 is 0 Å². The van der Waals surface area contributed by atoms with E-state index in [1.165, 1.54) is 18.3 Å². The van der Waals surface area contributed by atoms with Crippen LogP contribution in [0.1, 0.15) is 27.3 Å². The molecule has 0 aromatic carbocycles. The summed E-state index contributed by atoms with van der Waals surface area (Å²) in [5.74, 6) is -1.61. The number of carboxylic acids is 1. The van der Waals surface area contributed by atoms with Crippen LogP contribution in [0.2, 0.25) is 0 Å². The van der Waals surface area contributed by atoms with E-state index in [0.29, 0.717) is 6.54 Å². The lowest BCUT2D eigenvalue weighted by atomic mass is 10.0. The first-order valence-electron chi connectivity index (χ1n) is 5.14. The highest BCUT2D eigenvalue weighted by Gasteiger charge is 2.20. The second-order valence-electron chi connectivity index (χ2n) is 3.49. The maximum absolute atomic E-state index is 12.0. The second-order valence-corrected chi connectivity index (χ2v) is 3.49. The number of nitrogens with zero attached hydrogens (tertiary/aromatic N) is 2. The Bertz CT molecular complexity index is 532.